The SMILES string of the molecule is O.O.O=Cc1nc(-c2ccccc2)no1. The van der Waals surface area contributed by atoms with Gasteiger partial charge in [0.05, 0.1) is 0 Å². The lowest BCUT2D eigenvalue weighted by Gasteiger charge is -1.89. The monoisotopic (exact) mass is 210 g/mol. The van der Waals surface area contributed by atoms with E-state index in [1.54, 1.807) is 0 Å². The van der Waals surface area contributed by atoms with Gasteiger partial charge >= 0.3 is 0 Å². The predicted octanol–water partition coefficient (Wildman–Crippen LogP) is -0.100. The zero-order valence-corrected chi connectivity index (χ0v) is 7.68. The molecule has 0 spiro atoms. The van der Waals surface area contributed by atoms with E-state index in [-0.39, 0.29) is 16.8 Å². The summed E-state index contributed by atoms with van der Waals surface area (Å²) in [6.07, 6.45) is 0.527. The molecule has 0 saturated carbocycles. The lowest BCUT2D eigenvalue weighted by Crippen LogP contribution is -1.80. The normalized spacial score (nSPS) is 8.53. The first-order chi connectivity index (χ1) is 6.40. The molecule has 0 fully saturated rings. The van der Waals surface area contributed by atoms with Crippen LogP contribution >= 0.6 is 0 Å². The fourth-order valence-electron chi connectivity index (χ4n) is 0.988. The Morgan fingerprint density at radius 3 is 2.33 bits per heavy atom. The van der Waals surface area contributed by atoms with Crippen LogP contribution in [-0.4, -0.2) is 27.4 Å². The number of hydrogen-bond acceptors (Lipinski definition) is 4. The van der Waals surface area contributed by atoms with E-state index in [1.807, 2.05) is 30.3 Å². The highest BCUT2D eigenvalue weighted by Crippen LogP contribution is 2.13. The minimum absolute atomic E-state index is 0. The second kappa shape index (κ2) is 5.63. The van der Waals surface area contributed by atoms with Gasteiger partial charge in [-0.1, -0.05) is 35.5 Å². The van der Waals surface area contributed by atoms with Gasteiger partial charge in [-0.3, -0.25) is 4.79 Å². The smallest absolute Gasteiger partial charge is 0.291 e. The second-order valence-corrected chi connectivity index (χ2v) is 2.44. The standard InChI is InChI=1S/C9H6N2O2.2H2O/c12-6-8-10-9(11-13-8)7-4-2-1-3-5-7;;/h1-6H;2*1H2. The summed E-state index contributed by atoms with van der Waals surface area (Å²) in [6.45, 7) is 0. The number of benzene rings is 1. The maximum absolute atomic E-state index is 10.3. The minimum Gasteiger partial charge on any atom is -0.412 e. The van der Waals surface area contributed by atoms with Crippen molar-refractivity contribution in [3.63, 3.8) is 0 Å². The van der Waals surface area contributed by atoms with Crippen LogP contribution in [0, 0.1) is 0 Å². The van der Waals surface area contributed by atoms with Crippen molar-refractivity contribution in [2.45, 2.75) is 0 Å². The number of carbonyl (C=O) groups excluding carboxylic acids is 1. The lowest BCUT2D eigenvalue weighted by molar-refractivity contribution is 0.108. The highest BCUT2D eigenvalue weighted by atomic mass is 16.5. The van der Waals surface area contributed by atoms with Gasteiger partial charge in [-0.15, -0.1) is 0 Å². The van der Waals surface area contributed by atoms with Crippen molar-refractivity contribution >= 4 is 6.29 Å². The quantitative estimate of drug-likeness (QED) is 0.642. The Kier molecular flexibility index (Phi) is 4.86. The molecular formula is C9H10N2O4. The summed E-state index contributed by atoms with van der Waals surface area (Å²) in [5.41, 5.74) is 0.833. The molecule has 80 valence electrons. The molecule has 0 radical (unpaired) electrons. The molecule has 0 atom stereocenters. The van der Waals surface area contributed by atoms with Gasteiger partial charge in [0.15, 0.2) is 0 Å². The second-order valence-electron chi connectivity index (χ2n) is 2.44. The molecule has 0 aliphatic carbocycles. The zero-order chi connectivity index (χ0) is 9.10. The highest BCUT2D eigenvalue weighted by Gasteiger charge is 2.05. The number of carbonyl (C=O) groups is 1. The Bertz CT molecular complexity index is 413. The third kappa shape index (κ3) is 2.70. The van der Waals surface area contributed by atoms with Crippen LogP contribution in [0.1, 0.15) is 10.7 Å². The Hall–Kier alpha value is -2.05. The van der Waals surface area contributed by atoms with Crippen LogP contribution in [0.3, 0.4) is 0 Å². The average Bonchev–Trinajstić information content (AvgIpc) is 2.67. The fourth-order valence-corrected chi connectivity index (χ4v) is 0.988. The predicted molar refractivity (Wildman–Crippen MR) is 52.3 cm³/mol. The van der Waals surface area contributed by atoms with Gasteiger partial charge < -0.3 is 15.5 Å². The zero-order valence-electron chi connectivity index (χ0n) is 7.68. The lowest BCUT2D eigenvalue weighted by atomic mass is 10.2. The van der Waals surface area contributed by atoms with Crippen LogP contribution in [0.4, 0.5) is 0 Å². The van der Waals surface area contributed by atoms with E-state index in [0.29, 0.717) is 12.1 Å². The third-order valence-corrected chi connectivity index (χ3v) is 1.57. The van der Waals surface area contributed by atoms with Gasteiger partial charge in [0.1, 0.15) is 0 Å². The summed E-state index contributed by atoms with van der Waals surface area (Å²) in [5, 5.41) is 3.64. The summed E-state index contributed by atoms with van der Waals surface area (Å²) in [6, 6.07) is 9.32. The highest BCUT2D eigenvalue weighted by molar-refractivity contribution is 5.68. The number of aldehydes is 1. The molecule has 1 heterocycles. The van der Waals surface area contributed by atoms with E-state index < -0.39 is 0 Å². The molecule has 0 saturated heterocycles. The molecule has 0 unspecified atom stereocenters. The van der Waals surface area contributed by atoms with E-state index in [0.717, 1.165) is 5.56 Å². The van der Waals surface area contributed by atoms with Crippen LogP contribution in [0.15, 0.2) is 34.9 Å². The van der Waals surface area contributed by atoms with Crippen molar-refractivity contribution in [2.75, 3.05) is 0 Å². The van der Waals surface area contributed by atoms with Crippen LogP contribution in [-0.2, 0) is 0 Å². The van der Waals surface area contributed by atoms with Crippen molar-refractivity contribution < 1.29 is 20.3 Å². The fraction of sp³-hybridized carbons (Fsp3) is 0. The summed E-state index contributed by atoms with van der Waals surface area (Å²) in [4.78, 5) is 14.1. The summed E-state index contributed by atoms with van der Waals surface area (Å²) in [5.74, 6) is 0.432. The first kappa shape index (κ1) is 12.9. The van der Waals surface area contributed by atoms with Crippen molar-refractivity contribution in [3.8, 4) is 11.4 Å². The average molecular weight is 210 g/mol. The molecule has 1 aromatic heterocycles. The van der Waals surface area contributed by atoms with Crippen molar-refractivity contribution in [1.82, 2.24) is 10.1 Å². The van der Waals surface area contributed by atoms with Crippen LogP contribution in [0.25, 0.3) is 11.4 Å². The Morgan fingerprint density at radius 1 is 1.13 bits per heavy atom. The topological polar surface area (TPSA) is 119 Å². The van der Waals surface area contributed by atoms with Gasteiger partial charge in [-0.25, -0.2) is 0 Å². The first-order valence-electron chi connectivity index (χ1n) is 3.74. The van der Waals surface area contributed by atoms with Gasteiger partial charge in [0.2, 0.25) is 12.1 Å². The Balaban J connectivity index is 0.000000980. The van der Waals surface area contributed by atoms with Crippen LogP contribution < -0.4 is 0 Å². The Morgan fingerprint density at radius 2 is 1.80 bits per heavy atom. The van der Waals surface area contributed by atoms with Gasteiger partial charge in [-0.05, 0) is 0 Å². The van der Waals surface area contributed by atoms with Gasteiger partial charge in [0.25, 0.3) is 5.89 Å². The van der Waals surface area contributed by atoms with Gasteiger partial charge in [-0.2, -0.15) is 4.98 Å². The molecule has 0 aliphatic heterocycles. The van der Waals surface area contributed by atoms with E-state index in [9.17, 15) is 4.79 Å². The van der Waals surface area contributed by atoms with Crippen molar-refractivity contribution in [2.24, 2.45) is 0 Å². The van der Waals surface area contributed by atoms with Crippen LogP contribution in [0.5, 0.6) is 0 Å². The third-order valence-electron chi connectivity index (χ3n) is 1.57. The summed E-state index contributed by atoms with van der Waals surface area (Å²) in [7, 11) is 0. The molecule has 2 aromatic rings. The largest absolute Gasteiger partial charge is 0.412 e. The molecule has 2 rings (SSSR count). The van der Waals surface area contributed by atoms with E-state index in [2.05, 4.69) is 14.7 Å². The number of rotatable bonds is 2. The number of nitrogens with zero attached hydrogens (tertiary/aromatic N) is 2. The minimum atomic E-state index is -0.00106. The maximum Gasteiger partial charge on any atom is 0.291 e. The molecule has 1 aromatic carbocycles. The van der Waals surface area contributed by atoms with E-state index >= 15 is 0 Å². The summed E-state index contributed by atoms with van der Waals surface area (Å²) >= 11 is 0. The van der Waals surface area contributed by atoms with Crippen molar-refractivity contribution in [3.05, 3.63) is 36.2 Å². The van der Waals surface area contributed by atoms with E-state index in [1.165, 1.54) is 0 Å². The molecule has 15 heavy (non-hydrogen) atoms. The molecule has 0 bridgehead atoms. The van der Waals surface area contributed by atoms with Gasteiger partial charge in [0, 0.05) is 5.56 Å². The molecule has 0 aliphatic rings. The molecular weight excluding hydrogens is 200 g/mol. The Labute approximate surface area is 85.2 Å². The molecule has 6 nitrogen and oxygen atoms in total. The first-order valence-corrected chi connectivity index (χ1v) is 3.74. The maximum atomic E-state index is 10.3. The van der Waals surface area contributed by atoms with E-state index in [4.69, 9.17) is 0 Å². The molecule has 4 N–H and O–H groups in total. The summed E-state index contributed by atoms with van der Waals surface area (Å²) < 4.78 is 4.64. The molecule has 0 amide bonds. The molecule has 6 heteroatoms. The van der Waals surface area contributed by atoms with Crippen LogP contribution in [0.2, 0.25) is 0 Å². The number of hydrogen-bond donors (Lipinski definition) is 0. The van der Waals surface area contributed by atoms with Crippen molar-refractivity contribution in [1.29, 1.82) is 0 Å². The number of aromatic nitrogens is 2.